The number of phenols is 1. The molecular formula is C14H12N2O4. The summed E-state index contributed by atoms with van der Waals surface area (Å²) in [4.78, 5) is 22.2. The maximum atomic E-state index is 12.0. The third-order valence-electron chi connectivity index (χ3n) is 2.75. The lowest BCUT2D eigenvalue weighted by molar-refractivity contribution is -0.386. The molecule has 0 atom stereocenters. The first-order chi connectivity index (χ1) is 9.49. The number of aryl methyl sites for hydroxylation is 1. The van der Waals surface area contributed by atoms with Gasteiger partial charge in [-0.05, 0) is 31.2 Å². The van der Waals surface area contributed by atoms with Crippen LogP contribution in [-0.4, -0.2) is 15.9 Å². The number of phenolic OH excluding ortho intramolecular Hbond substituents is 1. The SMILES string of the molecule is Cc1ccc(NC(=O)c2cccc(O)c2[N+](=O)[O-])cc1. The molecule has 0 aliphatic carbocycles. The van der Waals surface area contributed by atoms with E-state index in [0.29, 0.717) is 5.69 Å². The Balaban J connectivity index is 2.32. The van der Waals surface area contributed by atoms with E-state index in [9.17, 15) is 20.0 Å². The molecule has 0 aliphatic heterocycles. The number of nitrogens with zero attached hydrogens (tertiary/aromatic N) is 1. The van der Waals surface area contributed by atoms with Crippen molar-refractivity contribution in [3.05, 3.63) is 63.7 Å². The number of amides is 1. The third kappa shape index (κ3) is 2.74. The molecule has 0 aromatic heterocycles. The molecule has 6 heteroatoms. The van der Waals surface area contributed by atoms with Gasteiger partial charge in [0.2, 0.25) is 0 Å². The predicted octanol–water partition coefficient (Wildman–Crippen LogP) is 2.86. The lowest BCUT2D eigenvalue weighted by Crippen LogP contribution is -2.13. The molecule has 0 spiro atoms. The number of para-hydroxylation sites is 1. The van der Waals surface area contributed by atoms with E-state index in [2.05, 4.69) is 5.32 Å². The van der Waals surface area contributed by atoms with Gasteiger partial charge in [0.15, 0.2) is 5.75 Å². The summed E-state index contributed by atoms with van der Waals surface area (Å²) in [6.45, 7) is 1.91. The van der Waals surface area contributed by atoms with Crippen LogP contribution in [0, 0.1) is 17.0 Å². The molecule has 0 saturated carbocycles. The van der Waals surface area contributed by atoms with Gasteiger partial charge in [-0.15, -0.1) is 0 Å². The molecule has 2 aromatic rings. The molecule has 0 fully saturated rings. The largest absolute Gasteiger partial charge is 0.502 e. The second kappa shape index (κ2) is 5.40. The Morgan fingerprint density at radius 1 is 1.20 bits per heavy atom. The van der Waals surface area contributed by atoms with Crippen molar-refractivity contribution < 1.29 is 14.8 Å². The van der Waals surface area contributed by atoms with Crippen molar-refractivity contribution in [2.75, 3.05) is 5.32 Å². The molecule has 2 N–H and O–H groups in total. The lowest BCUT2D eigenvalue weighted by atomic mass is 10.1. The van der Waals surface area contributed by atoms with Gasteiger partial charge in [0, 0.05) is 5.69 Å². The predicted molar refractivity (Wildman–Crippen MR) is 73.9 cm³/mol. The van der Waals surface area contributed by atoms with Crippen LogP contribution in [0.25, 0.3) is 0 Å². The maximum Gasteiger partial charge on any atom is 0.323 e. The summed E-state index contributed by atoms with van der Waals surface area (Å²) in [6, 6.07) is 10.9. The summed E-state index contributed by atoms with van der Waals surface area (Å²) < 4.78 is 0. The average molecular weight is 272 g/mol. The molecule has 0 aliphatic rings. The average Bonchev–Trinajstić information content (AvgIpc) is 2.40. The van der Waals surface area contributed by atoms with Crippen molar-refractivity contribution in [3.8, 4) is 5.75 Å². The highest BCUT2D eigenvalue weighted by Gasteiger charge is 2.24. The summed E-state index contributed by atoms with van der Waals surface area (Å²) in [6.07, 6.45) is 0. The minimum absolute atomic E-state index is 0.185. The summed E-state index contributed by atoms with van der Waals surface area (Å²) >= 11 is 0. The maximum absolute atomic E-state index is 12.0. The van der Waals surface area contributed by atoms with E-state index in [-0.39, 0.29) is 5.56 Å². The van der Waals surface area contributed by atoms with Gasteiger partial charge in [0.25, 0.3) is 5.91 Å². The molecular weight excluding hydrogens is 260 g/mol. The zero-order valence-electron chi connectivity index (χ0n) is 10.7. The Morgan fingerprint density at radius 3 is 2.45 bits per heavy atom. The van der Waals surface area contributed by atoms with E-state index in [1.165, 1.54) is 18.2 Å². The Morgan fingerprint density at radius 2 is 1.85 bits per heavy atom. The molecule has 102 valence electrons. The van der Waals surface area contributed by atoms with Gasteiger partial charge in [0.05, 0.1) is 4.92 Å². The number of anilines is 1. The van der Waals surface area contributed by atoms with Crippen LogP contribution in [0.15, 0.2) is 42.5 Å². The van der Waals surface area contributed by atoms with Gasteiger partial charge in [-0.25, -0.2) is 0 Å². The normalized spacial score (nSPS) is 10.1. The molecule has 0 bridgehead atoms. The van der Waals surface area contributed by atoms with E-state index in [4.69, 9.17) is 0 Å². The van der Waals surface area contributed by atoms with Crippen LogP contribution in [0.3, 0.4) is 0 Å². The Bertz CT molecular complexity index is 665. The fourth-order valence-electron chi connectivity index (χ4n) is 1.74. The van der Waals surface area contributed by atoms with Crippen LogP contribution in [0.2, 0.25) is 0 Å². The first-order valence-electron chi connectivity index (χ1n) is 5.83. The Kier molecular flexibility index (Phi) is 3.65. The minimum atomic E-state index is -0.778. The number of hydrogen-bond acceptors (Lipinski definition) is 4. The van der Waals surface area contributed by atoms with Gasteiger partial charge in [-0.1, -0.05) is 23.8 Å². The zero-order valence-corrected chi connectivity index (χ0v) is 10.7. The van der Waals surface area contributed by atoms with E-state index < -0.39 is 22.3 Å². The molecule has 6 nitrogen and oxygen atoms in total. The third-order valence-corrected chi connectivity index (χ3v) is 2.75. The van der Waals surface area contributed by atoms with Gasteiger partial charge in [-0.2, -0.15) is 0 Å². The van der Waals surface area contributed by atoms with Crippen molar-refractivity contribution in [2.24, 2.45) is 0 Å². The smallest absolute Gasteiger partial charge is 0.323 e. The van der Waals surface area contributed by atoms with Crippen molar-refractivity contribution in [3.63, 3.8) is 0 Å². The fraction of sp³-hybridized carbons (Fsp3) is 0.0714. The quantitative estimate of drug-likeness (QED) is 0.663. The highest BCUT2D eigenvalue weighted by atomic mass is 16.6. The number of carbonyl (C=O) groups is 1. The molecule has 0 saturated heterocycles. The molecule has 2 rings (SSSR count). The minimum Gasteiger partial charge on any atom is -0.502 e. The zero-order chi connectivity index (χ0) is 14.7. The first-order valence-corrected chi connectivity index (χ1v) is 5.83. The van der Waals surface area contributed by atoms with Crippen LogP contribution in [0.4, 0.5) is 11.4 Å². The summed E-state index contributed by atoms with van der Waals surface area (Å²) in [7, 11) is 0. The van der Waals surface area contributed by atoms with Crippen LogP contribution in [0.1, 0.15) is 15.9 Å². The van der Waals surface area contributed by atoms with Gasteiger partial charge in [-0.3, -0.25) is 14.9 Å². The standard InChI is InChI=1S/C14H12N2O4/c1-9-5-7-10(8-6-9)15-14(18)11-3-2-4-12(17)13(11)16(19)20/h2-8,17H,1H3,(H,15,18). The monoisotopic (exact) mass is 272 g/mol. The van der Waals surface area contributed by atoms with Gasteiger partial charge < -0.3 is 10.4 Å². The van der Waals surface area contributed by atoms with E-state index in [0.717, 1.165) is 5.56 Å². The highest BCUT2D eigenvalue weighted by Crippen LogP contribution is 2.29. The second-order valence-corrected chi connectivity index (χ2v) is 4.25. The van der Waals surface area contributed by atoms with Crippen LogP contribution in [-0.2, 0) is 0 Å². The van der Waals surface area contributed by atoms with Crippen molar-refractivity contribution in [2.45, 2.75) is 6.92 Å². The Hall–Kier alpha value is -2.89. The van der Waals surface area contributed by atoms with Crippen molar-refractivity contribution in [1.82, 2.24) is 0 Å². The fourth-order valence-corrected chi connectivity index (χ4v) is 1.74. The molecule has 0 unspecified atom stereocenters. The van der Waals surface area contributed by atoms with Crippen molar-refractivity contribution in [1.29, 1.82) is 0 Å². The molecule has 20 heavy (non-hydrogen) atoms. The van der Waals surface area contributed by atoms with Crippen LogP contribution < -0.4 is 5.32 Å². The summed E-state index contributed by atoms with van der Waals surface area (Å²) in [5, 5.41) is 23.0. The van der Waals surface area contributed by atoms with E-state index >= 15 is 0 Å². The number of hydrogen-bond donors (Lipinski definition) is 2. The molecule has 0 heterocycles. The Labute approximate surface area is 114 Å². The molecule has 2 aromatic carbocycles. The van der Waals surface area contributed by atoms with Crippen molar-refractivity contribution >= 4 is 17.3 Å². The summed E-state index contributed by atoms with van der Waals surface area (Å²) in [5.41, 5.74) is 0.775. The molecule has 0 radical (unpaired) electrons. The molecule has 1 amide bonds. The first kappa shape index (κ1) is 13.5. The van der Waals surface area contributed by atoms with Gasteiger partial charge in [0.1, 0.15) is 5.56 Å². The number of nitro benzene ring substituents is 1. The number of nitro groups is 1. The van der Waals surface area contributed by atoms with Crippen LogP contribution in [0.5, 0.6) is 5.75 Å². The summed E-state index contributed by atoms with van der Waals surface area (Å²) in [5.74, 6) is -1.18. The number of carbonyl (C=O) groups excluding carboxylic acids is 1. The number of rotatable bonds is 3. The van der Waals surface area contributed by atoms with E-state index in [1.807, 2.05) is 19.1 Å². The van der Waals surface area contributed by atoms with E-state index in [1.54, 1.807) is 12.1 Å². The van der Waals surface area contributed by atoms with Gasteiger partial charge >= 0.3 is 5.69 Å². The number of aromatic hydroxyl groups is 1. The second-order valence-electron chi connectivity index (χ2n) is 4.25. The lowest BCUT2D eigenvalue weighted by Gasteiger charge is -2.06. The number of nitrogens with one attached hydrogen (secondary N) is 1. The topological polar surface area (TPSA) is 92.5 Å². The highest BCUT2D eigenvalue weighted by molar-refractivity contribution is 6.07. The van der Waals surface area contributed by atoms with Crippen LogP contribution >= 0.6 is 0 Å². The number of benzene rings is 2.